The number of amides is 3. The van der Waals surface area contributed by atoms with E-state index in [1.807, 2.05) is 0 Å². The second kappa shape index (κ2) is 13.2. The van der Waals surface area contributed by atoms with Gasteiger partial charge in [0.05, 0.1) is 16.8 Å². The van der Waals surface area contributed by atoms with Crippen LogP contribution in [0.5, 0.6) is 0 Å². The molecule has 1 saturated heterocycles. The van der Waals surface area contributed by atoms with E-state index in [1.165, 1.54) is 48.3 Å². The first-order valence-electron chi connectivity index (χ1n) is 14.6. The highest BCUT2D eigenvalue weighted by atomic mass is 19.4. The number of likely N-dealkylation sites (N-methyl/N-ethyl adjacent to an activating group) is 1. The number of nitrogens with zero attached hydrogens (tertiary/aromatic N) is 7. The quantitative estimate of drug-likeness (QED) is 0.207. The molecule has 0 N–H and O–H groups in total. The van der Waals surface area contributed by atoms with Crippen LogP contribution in [0.2, 0.25) is 0 Å². The first-order chi connectivity index (χ1) is 23.3. The maximum atomic E-state index is 13.8. The summed E-state index contributed by atoms with van der Waals surface area (Å²) in [6.07, 6.45) is -15.0. The van der Waals surface area contributed by atoms with Gasteiger partial charge >= 0.3 is 24.6 Å². The fraction of sp³-hybridized carbons (Fsp3) is 0.323. The smallest absolute Gasteiger partial charge is 0.338 e. The number of tetrazole rings is 1. The molecule has 50 heavy (non-hydrogen) atoms. The first-order valence-corrected chi connectivity index (χ1v) is 14.6. The number of anilines is 1. The molecule has 4 aromatic rings. The minimum atomic E-state index is -5.14. The number of carbonyl (C=O) groups is 2. The number of aromatic nitrogens is 4. The summed E-state index contributed by atoms with van der Waals surface area (Å²) in [5, 5.41) is 9.38. The van der Waals surface area contributed by atoms with E-state index >= 15 is 0 Å². The van der Waals surface area contributed by atoms with Crippen LogP contribution in [0, 0.1) is 5.82 Å². The Morgan fingerprint density at radius 2 is 1.38 bits per heavy atom. The number of alkyl halides is 9. The Labute approximate surface area is 276 Å². The molecule has 0 spiro atoms. The molecular formula is C31H25F10N7O2. The third-order valence-corrected chi connectivity index (χ3v) is 8.29. The lowest BCUT2D eigenvalue weighted by molar-refractivity contribution is -0.146. The van der Waals surface area contributed by atoms with E-state index in [2.05, 4.69) is 15.5 Å². The zero-order chi connectivity index (χ0) is 36.8. The molecule has 1 aliphatic rings. The van der Waals surface area contributed by atoms with E-state index in [9.17, 15) is 53.5 Å². The van der Waals surface area contributed by atoms with Crippen LogP contribution in [0.4, 0.5) is 54.4 Å². The standard InChI is InChI=1S/C31H25F10N7O2/c1-45(23-14-19(29(33,34)35)13-20(15-23)30(36,37)38)28(50)46(2)25-11-12-47(16-24(25)17-3-7-21(32)8-4-17)26(49)18-5-9-22(10-6-18)48-27(31(39,40)41)42-43-44-48/h3-10,13-15,24-25H,11-12,16H2,1-2H3. The molecule has 2 atom stereocenters. The molecule has 0 radical (unpaired) electrons. The third-order valence-electron chi connectivity index (χ3n) is 8.29. The summed E-state index contributed by atoms with van der Waals surface area (Å²) < 4.78 is 135. The van der Waals surface area contributed by atoms with Gasteiger partial charge in [0.15, 0.2) is 0 Å². The molecule has 1 fully saturated rings. The number of urea groups is 1. The number of benzene rings is 3. The molecule has 0 aliphatic carbocycles. The van der Waals surface area contributed by atoms with Gasteiger partial charge in [0, 0.05) is 50.4 Å². The first kappa shape index (κ1) is 36.1. The molecule has 1 aliphatic heterocycles. The van der Waals surface area contributed by atoms with Crippen LogP contribution in [-0.2, 0) is 18.5 Å². The Morgan fingerprint density at radius 3 is 1.92 bits per heavy atom. The summed E-state index contributed by atoms with van der Waals surface area (Å²) >= 11 is 0. The molecule has 3 amide bonds. The van der Waals surface area contributed by atoms with Gasteiger partial charge in [0.25, 0.3) is 11.7 Å². The van der Waals surface area contributed by atoms with Crippen LogP contribution in [0.1, 0.15) is 45.2 Å². The highest BCUT2D eigenvalue weighted by Gasteiger charge is 2.41. The Bertz CT molecular complexity index is 1820. The molecule has 266 valence electrons. The molecule has 19 heteroatoms. The molecule has 1 aromatic heterocycles. The van der Waals surface area contributed by atoms with Crippen LogP contribution in [0.15, 0.2) is 66.7 Å². The maximum absolute atomic E-state index is 13.8. The van der Waals surface area contributed by atoms with Crippen LogP contribution >= 0.6 is 0 Å². The van der Waals surface area contributed by atoms with Gasteiger partial charge in [-0.15, -0.1) is 5.10 Å². The summed E-state index contributed by atoms with van der Waals surface area (Å²) in [6, 6.07) is 9.18. The largest absolute Gasteiger partial charge is 0.453 e. The van der Waals surface area contributed by atoms with E-state index in [0.29, 0.717) is 27.3 Å². The lowest BCUT2D eigenvalue weighted by atomic mass is 9.85. The number of piperidine rings is 1. The van der Waals surface area contributed by atoms with Crippen molar-refractivity contribution in [3.63, 3.8) is 0 Å². The third kappa shape index (κ3) is 7.50. The molecule has 2 unspecified atom stereocenters. The average Bonchev–Trinajstić information content (AvgIpc) is 3.57. The van der Waals surface area contributed by atoms with E-state index in [-0.39, 0.29) is 36.8 Å². The highest BCUT2D eigenvalue weighted by Crippen LogP contribution is 2.39. The van der Waals surface area contributed by atoms with Crippen molar-refractivity contribution < 1.29 is 53.5 Å². The highest BCUT2D eigenvalue weighted by molar-refractivity contribution is 5.95. The normalized spacial score (nSPS) is 17.1. The minimum Gasteiger partial charge on any atom is -0.338 e. The van der Waals surface area contributed by atoms with Gasteiger partial charge in [-0.05, 0) is 77.0 Å². The van der Waals surface area contributed by atoms with Gasteiger partial charge in [-0.3, -0.25) is 9.69 Å². The summed E-state index contributed by atoms with van der Waals surface area (Å²) in [4.78, 5) is 30.4. The second-order valence-corrected chi connectivity index (χ2v) is 11.4. The van der Waals surface area contributed by atoms with Crippen molar-refractivity contribution in [2.24, 2.45) is 0 Å². The number of hydrogen-bond donors (Lipinski definition) is 0. The minimum absolute atomic E-state index is 0.0251. The van der Waals surface area contributed by atoms with Gasteiger partial charge in [-0.2, -0.15) is 44.2 Å². The molecule has 5 rings (SSSR count). The maximum Gasteiger partial charge on any atom is 0.453 e. The number of rotatable bonds is 5. The van der Waals surface area contributed by atoms with E-state index < -0.39 is 70.9 Å². The summed E-state index contributed by atoms with van der Waals surface area (Å²) in [6.45, 7) is -0.0392. The monoisotopic (exact) mass is 717 g/mol. The Balaban J connectivity index is 1.40. The van der Waals surface area contributed by atoms with Gasteiger partial charge < -0.3 is 9.80 Å². The Hall–Kier alpha value is -5.23. The van der Waals surface area contributed by atoms with Crippen LogP contribution in [-0.4, -0.2) is 75.2 Å². The zero-order valence-electron chi connectivity index (χ0n) is 25.9. The molecule has 2 heterocycles. The number of hydrogen-bond acceptors (Lipinski definition) is 5. The van der Waals surface area contributed by atoms with Crippen molar-refractivity contribution in [2.75, 3.05) is 32.1 Å². The van der Waals surface area contributed by atoms with E-state index in [1.54, 1.807) is 0 Å². The Kier molecular flexibility index (Phi) is 9.55. The fourth-order valence-corrected chi connectivity index (χ4v) is 5.71. The molecule has 0 saturated carbocycles. The molecule has 9 nitrogen and oxygen atoms in total. The predicted molar refractivity (Wildman–Crippen MR) is 156 cm³/mol. The van der Waals surface area contributed by atoms with Crippen molar-refractivity contribution in [1.29, 1.82) is 0 Å². The SMILES string of the molecule is CN(C(=O)N(C)C1CCN(C(=O)c2ccc(-n3nnnc3C(F)(F)F)cc2)CC1c1ccc(F)cc1)c1cc(C(F)(F)F)cc(C(F)(F)F)c1. The van der Waals surface area contributed by atoms with Crippen LogP contribution in [0.25, 0.3) is 5.69 Å². The molecule has 3 aromatic carbocycles. The Morgan fingerprint density at radius 1 is 0.800 bits per heavy atom. The molecular weight excluding hydrogens is 692 g/mol. The van der Waals surface area contributed by atoms with Crippen molar-refractivity contribution in [1.82, 2.24) is 30.0 Å². The van der Waals surface area contributed by atoms with Crippen molar-refractivity contribution in [3.8, 4) is 5.69 Å². The van der Waals surface area contributed by atoms with Gasteiger partial charge in [-0.1, -0.05) is 12.1 Å². The number of likely N-dealkylation sites (tertiary alicyclic amines) is 1. The number of carbonyl (C=O) groups excluding carboxylic acids is 2. The zero-order valence-corrected chi connectivity index (χ0v) is 25.9. The molecule has 0 bridgehead atoms. The summed E-state index contributed by atoms with van der Waals surface area (Å²) in [7, 11) is 2.33. The number of halogens is 10. The van der Waals surface area contributed by atoms with E-state index in [4.69, 9.17) is 0 Å². The fourth-order valence-electron chi connectivity index (χ4n) is 5.71. The van der Waals surface area contributed by atoms with Gasteiger partial charge in [0.1, 0.15) is 5.82 Å². The predicted octanol–water partition coefficient (Wildman–Crippen LogP) is 7.04. The topological polar surface area (TPSA) is 87.5 Å². The second-order valence-electron chi connectivity index (χ2n) is 11.4. The van der Waals surface area contributed by atoms with Crippen LogP contribution in [0.3, 0.4) is 0 Å². The van der Waals surface area contributed by atoms with E-state index in [0.717, 1.165) is 24.1 Å². The van der Waals surface area contributed by atoms with Crippen LogP contribution < -0.4 is 4.90 Å². The lowest BCUT2D eigenvalue weighted by Gasteiger charge is -2.43. The van der Waals surface area contributed by atoms with Crippen molar-refractivity contribution >= 4 is 17.6 Å². The van der Waals surface area contributed by atoms with Gasteiger partial charge in [-0.25, -0.2) is 9.18 Å². The average molecular weight is 718 g/mol. The summed E-state index contributed by atoms with van der Waals surface area (Å²) in [5.41, 5.74) is -3.39. The van der Waals surface area contributed by atoms with Gasteiger partial charge in [0.2, 0.25) is 0 Å². The van der Waals surface area contributed by atoms with Crippen molar-refractivity contribution in [2.45, 2.75) is 36.9 Å². The summed E-state index contributed by atoms with van der Waals surface area (Å²) in [5.74, 6) is -3.21. The lowest BCUT2D eigenvalue weighted by Crippen LogP contribution is -2.54. The van der Waals surface area contributed by atoms with Crippen molar-refractivity contribution in [3.05, 3.63) is 101 Å².